The van der Waals surface area contributed by atoms with Gasteiger partial charge in [0.05, 0.1) is 12.1 Å². The van der Waals surface area contributed by atoms with Gasteiger partial charge in [-0.3, -0.25) is 9.69 Å². The molecule has 0 bridgehead atoms. The fourth-order valence-corrected chi connectivity index (χ4v) is 3.02. The molecule has 4 nitrogen and oxygen atoms in total. The highest BCUT2D eigenvalue weighted by atomic mass is 16.3. The van der Waals surface area contributed by atoms with Crippen LogP contribution in [-0.2, 0) is 10.4 Å². The van der Waals surface area contributed by atoms with E-state index in [4.69, 9.17) is 0 Å². The Hall–Kier alpha value is -1.39. The van der Waals surface area contributed by atoms with Crippen molar-refractivity contribution in [3.63, 3.8) is 0 Å². The summed E-state index contributed by atoms with van der Waals surface area (Å²) < 4.78 is 0. The molecule has 4 heteroatoms. The Morgan fingerprint density at radius 2 is 1.95 bits per heavy atom. The number of likely N-dealkylation sites (tertiary alicyclic amines) is 1. The average Bonchev–Trinajstić information content (AvgIpc) is 2.48. The highest BCUT2D eigenvalue weighted by Gasteiger charge is 2.35. The summed E-state index contributed by atoms with van der Waals surface area (Å²) in [6.45, 7) is 8.86. The monoisotopic (exact) mass is 304 g/mol. The Morgan fingerprint density at radius 1 is 1.32 bits per heavy atom. The van der Waals surface area contributed by atoms with Gasteiger partial charge in [-0.25, -0.2) is 0 Å². The summed E-state index contributed by atoms with van der Waals surface area (Å²) in [7, 11) is 0. The van der Waals surface area contributed by atoms with E-state index in [0.717, 1.165) is 30.8 Å². The second-order valence-corrected chi connectivity index (χ2v) is 6.82. The van der Waals surface area contributed by atoms with Crippen LogP contribution in [0, 0.1) is 12.8 Å². The third-order valence-corrected chi connectivity index (χ3v) is 4.40. The van der Waals surface area contributed by atoms with Crippen molar-refractivity contribution in [2.24, 2.45) is 5.92 Å². The van der Waals surface area contributed by atoms with Crippen molar-refractivity contribution in [2.45, 2.75) is 39.2 Å². The third kappa shape index (κ3) is 4.31. The van der Waals surface area contributed by atoms with E-state index in [-0.39, 0.29) is 5.91 Å². The third-order valence-electron chi connectivity index (χ3n) is 4.40. The largest absolute Gasteiger partial charge is 0.385 e. The predicted molar refractivity (Wildman–Crippen MR) is 88.6 cm³/mol. The lowest BCUT2D eigenvalue weighted by atomic mass is 9.82. The number of benzene rings is 1. The topological polar surface area (TPSA) is 52.6 Å². The number of carbonyl (C=O) groups is 1. The molecule has 2 N–H and O–H groups in total. The molecule has 0 unspecified atom stereocenters. The summed E-state index contributed by atoms with van der Waals surface area (Å²) in [5.41, 5.74) is 1.41. The Morgan fingerprint density at radius 3 is 2.55 bits per heavy atom. The number of amides is 1. The fourth-order valence-electron chi connectivity index (χ4n) is 3.02. The zero-order valence-corrected chi connectivity index (χ0v) is 13.9. The van der Waals surface area contributed by atoms with E-state index in [2.05, 4.69) is 24.1 Å². The normalized spacial score (nSPS) is 18.4. The molecule has 1 fully saturated rings. The number of aryl methyl sites for hydroxylation is 1. The van der Waals surface area contributed by atoms with E-state index in [1.54, 1.807) is 0 Å². The number of rotatable bonds is 5. The van der Waals surface area contributed by atoms with Gasteiger partial charge in [0.2, 0.25) is 5.91 Å². The lowest BCUT2D eigenvalue weighted by molar-refractivity contribution is -0.123. The van der Waals surface area contributed by atoms with E-state index < -0.39 is 5.60 Å². The molecule has 22 heavy (non-hydrogen) atoms. The molecule has 0 radical (unpaired) electrons. The molecular formula is C18H28N2O2. The highest BCUT2D eigenvalue weighted by Crippen LogP contribution is 2.34. The Kier molecular flexibility index (Phi) is 5.59. The van der Waals surface area contributed by atoms with Crippen LogP contribution < -0.4 is 5.32 Å². The molecule has 122 valence electrons. The Balaban J connectivity index is 1.87. The fraction of sp³-hybridized carbons (Fsp3) is 0.611. The van der Waals surface area contributed by atoms with Crippen LogP contribution in [0.2, 0.25) is 0 Å². The molecule has 1 aliphatic heterocycles. The molecule has 0 aromatic heterocycles. The van der Waals surface area contributed by atoms with Crippen LogP contribution in [0.4, 0.5) is 0 Å². The molecule has 0 aliphatic carbocycles. The quantitative estimate of drug-likeness (QED) is 0.875. The van der Waals surface area contributed by atoms with Gasteiger partial charge in [-0.15, -0.1) is 0 Å². The molecule has 1 aromatic carbocycles. The van der Waals surface area contributed by atoms with Crippen molar-refractivity contribution in [1.29, 1.82) is 0 Å². The van der Waals surface area contributed by atoms with Crippen molar-refractivity contribution < 1.29 is 9.90 Å². The molecule has 1 aliphatic rings. The lowest BCUT2D eigenvalue weighted by Crippen LogP contribution is -2.46. The van der Waals surface area contributed by atoms with Gasteiger partial charge in [-0.05, 0) is 36.8 Å². The van der Waals surface area contributed by atoms with Crippen molar-refractivity contribution in [1.82, 2.24) is 10.2 Å². The van der Waals surface area contributed by atoms with Crippen molar-refractivity contribution in [3.8, 4) is 0 Å². The summed E-state index contributed by atoms with van der Waals surface area (Å²) in [6, 6.07) is 8.03. The van der Waals surface area contributed by atoms with Crippen LogP contribution in [-0.4, -0.2) is 42.1 Å². The number of hydrogen-bond donors (Lipinski definition) is 2. The van der Waals surface area contributed by atoms with Gasteiger partial charge < -0.3 is 10.4 Å². The Labute approximate surface area is 133 Å². The van der Waals surface area contributed by atoms with Crippen LogP contribution in [0.3, 0.4) is 0 Å². The van der Waals surface area contributed by atoms with Crippen LogP contribution in [0.25, 0.3) is 0 Å². The summed E-state index contributed by atoms with van der Waals surface area (Å²) in [5, 5.41) is 13.9. The molecule has 1 saturated heterocycles. The van der Waals surface area contributed by atoms with E-state index in [1.807, 2.05) is 31.2 Å². The highest BCUT2D eigenvalue weighted by molar-refractivity contribution is 5.78. The molecular weight excluding hydrogens is 276 g/mol. The van der Waals surface area contributed by atoms with Gasteiger partial charge in [-0.2, -0.15) is 0 Å². The smallest absolute Gasteiger partial charge is 0.234 e. The van der Waals surface area contributed by atoms with Crippen LogP contribution in [0.1, 0.15) is 37.8 Å². The van der Waals surface area contributed by atoms with E-state index in [9.17, 15) is 9.90 Å². The first-order valence-corrected chi connectivity index (χ1v) is 8.18. The predicted octanol–water partition coefficient (Wildman–Crippen LogP) is 2.05. The first kappa shape index (κ1) is 17.0. The first-order chi connectivity index (χ1) is 10.4. The number of hydrogen-bond acceptors (Lipinski definition) is 3. The van der Waals surface area contributed by atoms with Crippen molar-refractivity contribution in [2.75, 3.05) is 26.2 Å². The van der Waals surface area contributed by atoms with Crippen LogP contribution in [0.15, 0.2) is 24.3 Å². The minimum Gasteiger partial charge on any atom is -0.385 e. The number of piperidine rings is 1. The standard InChI is InChI=1S/C18H28N2O2/c1-14(2)12-19-17(21)13-20-10-8-18(22,9-11-20)16-7-5-4-6-15(16)3/h4-7,14,22H,8-13H2,1-3H3,(H,19,21). The Bertz CT molecular complexity index is 506. The van der Waals surface area contributed by atoms with Crippen LogP contribution in [0.5, 0.6) is 0 Å². The van der Waals surface area contributed by atoms with E-state index in [0.29, 0.717) is 25.3 Å². The summed E-state index contributed by atoms with van der Waals surface area (Å²) >= 11 is 0. The second kappa shape index (κ2) is 7.25. The van der Waals surface area contributed by atoms with Gasteiger partial charge in [0, 0.05) is 19.6 Å². The number of nitrogens with one attached hydrogen (secondary N) is 1. The maximum atomic E-state index is 11.9. The number of nitrogens with zero attached hydrogens (tertiary/aromatic N) is 1. The molecule has 1 aromatic rings. The summed E-state index contributed by atoms with van der Waals surface area (Å²) in [4.78, 5) is 14.0. The van der Waals surface area contributed by atoms with Gasteiger partial charge >= 0.3 is 0 Å². The first-order valence-electron chi connectivity index (χ1n) is 8.18. The van der Waals surface area contributed by atoms with Gasteiger partial charge in [-0.1, -0.05) is 38.1 Å². The molecule has 0 atom stereocenters. The summed E-state index contributed by atoms with van der Waals surface area (Å²) in [6.07, 6.45) is 1.35. The number of carbonyl (C=O) groups excluding carboxylic acids is 1. The minimum atomic E-state index is -0.754. The van der Waals surface area contributed by atoms with Gasteiger partial charge in [0.1, 0.15) is 0 Å². The molecule has 0 spiro atoms. The number of aliphatic hydroxyl groups is 1. The maximum Gasteiger partial charge on any atom is 0.234 e. The van der Waals surface area contributed by atoms with Crippen molar-refractivity contribution >= 4 is 5.91 Å². The van der Waals surface area contributed by atoms with E-state index >= 15 is 0 Å². The second-order valence-electron chi connectivity index (χ2n) is 6.82. The SMILES string of the molecule is Cc1ccccc1C1(O)CCN(CC(=O)NCC(C)C)CC1. The molecule has 1 amide bonds. The molecule has 1 heterocycles. The lowest BCUT2D eigenvalue weighted by Gasteiger charge is -2.39. The molecule has 2 rings (SSSR count). The summed E-state index contributed by atoms with van der Waals surface area (Å²) in [5.74, 6) is 0.548. The minimum absolute atomic E-state index is 0.0787. The zero-order chi connectivity index (χ0) is 16.2. The van der Waals surface area contributed by atoms with Crippen molar-refractivity contribution in [3.05, 3.63) is 35.4 Å². The molecule has 0 saturated carbocycles. The van der Waals surface area contributed by atoms with Gasteiger partial charge in [0.15, 0.2) is 0 Å². The average molecular weight is 304 g/mol. The van der Waals surface area contributed by atoms with Gasteiger partial charge in [0.25, 0.3) is 0 Å². The maximum absolute atomic E-state index is 11.9. The van der Waals surface area contributed by atoms with E-state index in [1.165, 1.54) is 0 Å². The zero-order valence-electron chi connectivity index (χ0n) is 13.9. The van der Waals surface area contributed by atoms with Crippen LogP contribution >= 0.6 is 0 Å².